The first-order chi connectivity index (χ1) is 12.8. The third-order valence-electron chi connectivity index (χ3n) is 5.19. The van der Waals surface area contributed by atoms with E-state index in [1.807, 2.05) is 19.1 Å². The van der Waals surface area contributed by atoms with Gasteiger partial charge in [0.15, 0.2) is 0 Å². The zero-order valence-electron chi connectivity index (χ0n) is 17.0. The van der Waals surface area contributed by atoms with E-state index in [0.717, 1.165) is 28.1 Å². The fraction of sp³-hybridized carbons (Fsp3) is 0.292. The van der Waals surface area contributed by atoms with Crippen LogP contribution in [0.25, 0.3) is 0 Å². The van der Waals surface area contributed by atoms with Crippen LogP contribution in [0.4, 0.5) is 10.1 Å². The molecule has 2 aromatic rings. The Balaban J connectivity index is 2.59. The molecule has 1 unspecified atom stereocenters. The van der Waals surface area contributed by atoms with Crippen molar-refractivity contribution < 1.29 is 4.39 Å². The van der Waals surface area contributed by atoms with Crippen molar-refractivity contribution in [1.29, 1.82) is 0 Å². The molecule has 0 aliphatic rings. The van der Waals surface area contributed by atoms with Gasteiger partial charge in [-0.3, -0.25) is 4.99 Å². The molecule has 0 bridgehead atoms. The van der Waals surface area contributed by atoms with E-state index in [1.54, 1.807) is 19.3 Å². The zero-order valence-corrected chi connectivity index (χ0v) is 17.0. The summed E-state index contributed by atoms with van der Waals surface area (Å²) in [6, 6.07) is 9.08. The molecule has 0 fully saturated rings. The van der Waals surface area contributed by atoms with Crippen molar-refractivity contribution in [2.45, 2.75) is 39.5 Å². The average Bonchev–Trinajstić information content (AvgIpc) is 2.63. The van der Waals surface area contributed by atoms with Crippen LogP contribution < -0.4 is 5.32 Å². The Morgan fingerprint density at radius 3 is 2.33 bits per heavy atom. The number of hydrogen-bond acceptors (Lipinski definition) is 2. The molecule has 27 heavy (non-hydrogen) atoms. The number of allylic oxidation sites excluding steroid dienone is 1. The van der Waals surface area contributed by atoms with Gasteiger partial charge in [0.1, 0.15) is 5.82 Å². The number of aryl methyl sites for hydroxylation is 3. The third-order valence-corrected chi connectivity index (χ3v) is 5.19. The van der Waals surface area contributed by atoms with E-state index in [0.29, 0.717) is 6.42 Å². The number of nitrogens with one attached hydrogen (secondary N) is 1. The largest absolute Gasteiger partial charge is 0.362 e. The van der Waals surface area contributed by atoms with Crippen LogP contribution in [-0.4, -0.2) is 12.8 Å². The number of anilines is 1. The lowest BCUT2D eigenvalue weighted by atomic mass is 9.73. The van der Waals surface area contributed by atoms with E-state index in [4.69, 9.17) is 0 Å². The summed E-state index contributed by atoms with van der Waals surface area (Å²) in [6.45, 7) is 16.2. The number of hydrogen-bond donors (Lipinski definition) is 1. The summed E-state index contributed by atoms with van der Waals surface area (Å²) in [5, 5.41) is 3.30. The van der Waals surface area contributed by atoms with Gasteiger partial charge in [0.05, 0.1) is 0 Å². The molecule has 0 aliphatic carbocycles. The first kappa shape index (κ1) is 20.6. The number of rotatable bonds is 7. The second-order valence-electron chi connectivity index (χ2n) is 7.23. The van der Waals surface area contributed by atoms with Crippen LogP contribution >= 0.6 is 0 Å². The number of aliphatic imine (C=N–C) groups is 1. The standard InChI is InChI=1S/C24H29FN2/c1-8-24(6,22-16(3)10-11-17(4)23(22)27-9-2)15-21(26-7)20-13-12-19(25)14-18(20)5/h8-14,27H,1-2,15H2,3-7H3. The normalized spacial score (nSPS) is 13.8. The Bertz CT molecular complexity index is 895. The van der Waals surface area contributed by atoms with E-state index < -0.39 is 0 Å². The van der Waals surface area contributed by atoms with Crippen LogP contribution in [0.1, 0.15) is 41.2 Å². The minimum atomic E-state index is -0.350. The van der Waals surface area contributed by atoms with Gasteiger partial charge in [0, 0.05) is 30.3 Å². The van der Waals surface area contributed by atoms with Gasteiger partial charge in [-0.15, -0.1) is 6.58 Å². The molecule has 2 aromatic carbocycles. The molecule has 3 heteroatoms. The minimum absolute atomic E-state index is 0.231. The SMILES string of the molecule is C=CNc1c(C)ccc(C)c1C(C)(C=C)CC(=NC)c1ccc(F)cc1C. The first-order valence-corrected chi connectivity index (χ1v) is 9.11. The highest BCUT2D eigenvalue weighted by molar-refractivity contribution is 6.02. The van der Waals surface area contributed by atoms with E-state index in [2.05, 4.69) is 56.4 Å². The maximum atomic E-state index is 13.5. The lowest BCUT2D eigenvalue weighted by molar-refractivity contribution is 0.620. The van der Waals surface area contributed by atoms with Gasteiger partial charge in [0.25, 0.3) is 0 Å². The second-order valence-corrected chi connectivity index (χ2v) is 7.23. The highest BCUT2D eigenvalue weighted by Gasteiger charge is 2.30. The Morgan fingerprint density at radius 1 is 1.11 bits per heavy atom. The van der Waals surface area contributed by atoms with E-state index in [9.17, 15) is 4.39 Å². The fourth-order valence-electron chi connectivity index (χ4n) is 3.69. The Labute approximate surface area is 162 Å². The van der Waals surface area contributed by atoms with Crippen molar-refractivity contribution in [2.75, 3.05) is 12.4 Å². The molecule has 0 saturated carbocycles. The summed E-state index contributed by atoms with van der Waals surface area (Å²) in [5.41, 5.74) is 6.99. The lowest BCUT2D eigenvalue weighted by Gasteiger charge is -2.32. The maximum Gasteiger partial charge on any atom is 0.123 e. The molecule has 0 spiro atoms. The topological polar surface area (TPSA) is 24.4 Å². The number of nitrogens with zero attached hydrogens (tertiary/aromatic N) is 1. The van der Waals surface area contributed by atoms with Crippen LogP contribution in [0.3, 0.4) is 0 Å². The molecule has 0 saturated heterocycles. The van der Waals surface area contributed by atoms with Crippen LogP contribution in [-0.2, 0) is 5.41 Å². The summed E-state index contributed by atoms with van der Waals surface area (Å²) < 4.78 is 13.5. The molecular formula is C24H29FN2. The summed E-state index contributed by atoms with van der Waals surface area (Å²) >= 11 is 0. The van der Waals surface area contributed by atoms with Gasteiger partial charge >= 0.3 is 0 Å². The van der Waals surface area contributed by atoms with Crippen molar-refractivity contribution in [2.24, 2.45) is 4.99 Å². The van der Waals surface area contributed by atoms with E-state index in [1.165, 1.54) is 17.2 Å². The molecule has 0 radical (unpaired) electrons. The van der Waals surface area contributed by atoms with Gasteiger partial charge < -0.3 is 5.32 Å². The van der Waals surface area contributed by atoms with Gasteiger partial charge in [-0.05, 0) is 73.0 Å². The Hall–Kier alpha value is -2.68. The first-order valence-electron chi connectivity index (χ1n) is 9.11. The van der Waals surface area contributed by atoms with Crippen molar-refractivity contribution in [3.63, 3.8) is 0 Å². The summed E-state index contributed by atoms with van der Waals surface area (Å²) in [5.74, 6) is -0.231. The van der Waals surface area contributed by atoms with Crippen molar-refractivity contribution in [3.8, 4) is 0 Å². The molecule has 0 aliphatic heterocycles. The molecule has 0 amide bonds. The fourth-order valence-corrected chi connectivity index (χ4v) is 3.69. The predicted octanol–water partition coefficient (Wildman–Crippen LogP) is 6.26. The molecule has 0 heterocycles. The van der Waals surface area contributed by atoms with E-state index >= 15 is 0 Å². The second kappa shape index (κ2) is 8.34. The van der Waals surface area contributed by atoms with E-state index in [-0.39, 0.29) is 11.2 Å². The third kappa shape index (κ3) is 4.19. The van der Waals surface area contributed by atoms with Crippen molar-refractivity contribution >= 4 is 11.4 Å². The summed E-state index contributed by atoms with van der Waals surface area (Å²) in [7, 11) is 1.79. The Kier molecular flexibility index (Phi) is 6.37. The quantitative estimate of drug-likeness (QED) is 0.455. The summed E-state index contributed by atoms with van der Waals surface area (Å²) in [4.78, 5) is 4.54. The predicted molar refractivity (Wildman–Crippen MR) is 115 cm³/mol. The van der Waals surface area contributed by atoms with Gasteiger partial charge in [-0.2, -0.15) is 0 Å². The maximum absolute atomic E-state index is 13.5. The zero-order chi connectivity index (χ0) is 20.2. The van der Waals surface area contributed by atoms with Gasteiger partial charge in [-0.1, -0.05) is 31.7 Å². The molecule has 1 N–H and O–H groups in total. The van der Waals surface area contributed by atoms with Crippen LogP contribution in [0.2, 0.25) is 0 Å². The lowest BCUT2D eigenvalue weighted by Crippen LogP contribution is -2.26. The highest BCUT2D eigenvalue weighted by atomic mass is 19.1. The van der Waals surface area contributed by atoms with Crippen molar-refractivity contribution in [1.82, 2.24) is 0 Å². The minimum Gasteiger partial charge on any atom is -0.362 e. The van der Waals surface area contributed by atoms with Gasteiger partial charge in [-0.25, -0.2) is 4.39 Å². The van der Waals surface area contributed by atoms with Crippen LogP contribution in [0.15, 0.2) is 60.8 Å². The molecule has 142 valence electrons. The molecular weight excluding hydrogens is 335 g/mol. The van der Waals surface area contributed by atoms with Gasteiger partial charge in [0.2, 0.25) is 0 Å². The average molecular weight is 365 g/mol. The number of halogens is 1. The summed E-state index contributed by atoms with van der Waals surface area (Å²) in [6.07, 6.45) is 4.34. The van der Waals surface area contributed by atoms with Crippen LogP contribution in [0.5, 0.6) is 0 Å². The molecule has 2 nitrogen and oxygen atoms in total. The number of benzene rings is 2. The molecule has 0 aromatic heterocycles. The smallest absolute Gasteiger partial charge is 0.123 e. The Morgan fingerprint density at radius 2 is 1.78 bits per heavy atom. The molecule has 1 atom stereocenters. The van der Waals surface area contributed by atoms with Crippen molar-refractivity contribution in [3.05, 3.63) is 89.4 Å². The molecule has 2 rings (SSSR count). The highest BCUT2D eigenvalue weighted by Crippen LogP contribution is 2.39. The monoisotopic (exact) mass is 364 g/mol. The van der Waals surface area contributed by atoms with Crippen LogP contribution in [0, 0.1) is 26.6 Å².